The summed E-state index contributed by atoms with van der Waals surface area (Å²) in [5.74, 6) is 1.78. The van der Waals surface area contributed by atoms with E-state index >= 15 is 0 Å². The molecule has 0 amide bonds. The van der Waals surface area contributed by atoms with Crippen molar-refractivity contribution in [1.29, 1.82) is 0 Å². The Morgan fingerprint density at radius 2 is 2.29 bits per heavy atom. The summed E-state index contributed by atoms with van der Waals surface area (Å²) in [6, 6.07) is 5.43. The van der Waals surface area contributed by atoms with E-state index in [4.69, 9.17) is 22.5 Å². The van der Waals surface area contributed by atoms with Gasteiger partial charge in [0, 0.05) is 16.2 Å². The van der Waals surface area contributed by atoms with Gasteiger partial charge in [0.2, 0.25) is 0 Å². The molecule has 0 heterocycles. The molecular formula is C12H17ClN2OS. The van der Waals surface area contributed by atoms with Gasteiger partial charge >= 0.3 is 0 Å². The summed E-state index contributed by atoms with van der Waals surface area (Å²) in [6.45, 7) is 4.39. The van der Waals surface area contributed by atoms with Crippen molar-refractivity contribution < 1.29 is 5.21 Å². The second kappa shape index (κ2) is 6.77. The van der Waals surface area contributed by atoms with Crippen LogP contribution in [0.4, 0.5) is 0 Å². The molecule has 3 nitrogen and oxygen atoms in total. The van der Waals surface area contributed by atoms with Gasteiger partial charge in [-0.3, -0.25) is 0 Å². The van der Waals surface area contributed by atoms with E-state index in [1.807, 2.05) is 6.07 Å². The fourth-order valence-corrected chi connectivity index (χ4v) is 2.59. The Balaban J connectivity index is 2.76. The van der Waals surface area contributed by atoms with Crippen molar-refractivity contribution >= 4 is 29.2 Å². The molecule has 0 saturated carbocycles. The average molecular weight is 273 g/mol. The third-order valence-electron chi connectivity index (χ3n) is 2.56. The molecule has 0 aliphatic rings. The molecule has 1 atom stereocenters. The van der Waals surface area contributed by atoms with Crippen molar-refractivity contribution in [2.24, 2.45) is 16.8 Å². The van der Waals surface area contributed by atoms with Gasteiger partial charge in [0.05, 0.1) is 5.02 Å². The van der Waals surface area contributed by atoms with Gasteiger partial charge < -0.3 is 10.9 Å². The maximum absolute atomic E-state index is 8.57. The number of hydrogen-bond acceptors (Lipinski definition) is 3. The second-order valence-electron chi connectivity index (χ2n) is 3.95. The highest BCUT2D eigenvalue weighted by molar-refractivity contribution is 7.99. The Kier molecular flexibility index (Phi) is 5.65. The minimum Gasteiger partial charge on any atom is -0.409 e. The van der Waals surface area contributed by atoms with Crippen LogP contribution >= 0.6 is 23.4 Å². The number of hydrogen-bond donors (Lipinski definition) is 2. The van der Waals surface area contributed by atoms with Gasteiger partial charge in [-0.15, -0.1) is 11.8 Å². The van der Waals surface area contributed by atoms with E-state index in [-0.39, 0.29) is 5.84 Å². The van der Waals surface area contributed by atoms with E-state index < -0.39 is 0 Å². The molecule has 0 bridgehead atoms. The Bertz CT molecular complexity index is 409. The molecule has 0 fully saturated rings. The van der Waals surface area contributed by atoms with Crippen molar-refractivity contribution in [2.45, 2.75) is 25.2 Å². The van der Waals surface area contributed by atoms with E-state index in [0.29, 0.717) is 16.5 Å². The smallest absolute Gasteiger partial charge is 0.170 e. The van der Waals surface area contributed by atoms with E-state index in [0.717, 1.165) is 17.1 Å². The molecule has 0 aromatic heterocycles. The first kappa shape index (κ1) is 14.2. The van der Waals surface area contributed by atoms with Crippen LogP contribution in [0.25, 0.3) is 0 Å². The van der Waals surface area contributed by atoms with Crippen LogP contribution in [-0.4, -0.2) is 16.8 Å². The summed E-state index contributed by atoms with van der Waals surface area (Å²) < 4.78 is 0. The van der Waals surface area contributed by atoms with Gasteiger partial charge in [0.25, 0.3) is 0 Å². The summed E-state index contributed by atoms with van der Waals surface area (Å²) in [5.41, 5.74) is 6.12. The highest BCUT2D eigenvalue weighted by atomic mass is 35.5. The SMILES string of the molecule is CCC(C)CSc1ccc(/C(N)=N/O)cc1Cl. The summed E-state index contributed by atoms with van der Waals surface area (Å²) in [5, 5.41) is 12.2. The maximum atomic E-state index is 8.57. The van der Waals surface area contributed by atoms with Crippen molar-refractivity contribution in [3.05, 3.63) is 28.8 Å². The van der Waals surface area contributed by atoms with Gasteiger partial charge in [0.15, 0.2) is 5.84 Å². The number of benzene rings is 1. The number of rotatable bonds is 5. The van der Waals surface area contributed by atoms with Gasteiger partial charge in [-0.1, -0.05) is 37.0 Å². The first-order valence-electron chi connectivity index (χ1n) is 5.48. The van der Waals surface area contributed by atoms with Gasteiger partial charge in [0.1, 0.15) is 0 Å². The number of thioether (sulfide) groups is 1. The van der Waals surface area contributed by atoms with Crippen LogP contribution in [0.15, 0.2) is 28.3 Å². The largest absolute Gasteiger partial charge is 0.409 e. The third kappa shape index (κ3) is 4.13. The molecule has 0 aliphatic carbocycles. The zero-order valence-corrected chi connectivity index (χ0v) is 11.6. The van der Waals surface area contributed by atoms with Crippen LogP contribution < -0.4 is 5.73 Å². The molecule has 0 saturated heterocycles. The number of amidine groups is 1. The molecule has 3 N–H and O–H groups in total. The van der Waals surface area contributed by atoms with Crippen molar-refractivity contribution in [3.63, 3.8) is 0 Å². The summed E-state index contributed by atoms with van der Waals surface area (Å²) in [4.78, 5) is 1.03. The highest BCUT2D eigenvalue weighted by Gasteiger charge is 2.07. The molecule has 0 radical (unpaired) electrons. The maximum Gasteiger partial charge on any atom is 0.170 e. The van der Waals surface area contributed by atoms with Crippen LogP contribution in [0.5, 0.6) is 0 Å². The monoisotopic (exact) mass is 272 g/mol. The molecule has 1 rings (SSSR count). The molecule has 1 unspecified atom stereocenters. The molecule has 5 heteroatoms. The van der Waals surface area contributed by atoms with Gasteiger partial charge in [-0.25, -0.2) is 0 Å². The molecule has 1 aromatic carbocycles. The minimum atomic E-state index is 0.0744. The van der Waals surface area contributed by atoms with E-state index in [1.54, 1.807) is 23.9 Å². The second-order valence-corrected chi connectivity index (χ2v) is 5.42. The van der Waals surface area contributed by atoms with Gasteiger partial charge in [-0.05, 0) is 24.1 Å². The van der Waals surface area contributed by atoms with Crippen molar-refractivity contribution in [1.82, 2.24) is 0 Å². The fraction of sp³-hybridized carbons (Fsp3) is 0.417. The normalized spacial score (nSPS) is 13.7. The minimum absolute atomic E-state index is 0.0744. The Hall–Kier alpha value is -0.870. The number of nitrogens with two attached hydrogens (primary N) is 1. The molecule has 94 valence electrons. The topological polar surface area (TPSA) is 58.6 Å². The standard InChI is InChI=1S/C12H17ClN2OS/c1-3-8(2)7-17-11-5-4-9(6-10(11)13)12(14)15-16/h4-6,8,16H,3,7H2,1-2H3,(H2,14,15). The lowest BCUT2D eigenvalue weighted by atomic mass is 10.2. The van der Waals surface area contributed by atoms with Crippen molar-refractivity contribution in [2.75, 3.05) is 5.75 Å². The van der Waals surface area contributed by atoms with Crippen LogP contribution in [0.2, 0.25) is 5.02 Å². The lowest BCUT2D eigenvalue weighted by Gasteiger charge is -2.09. The molecule has 1 aromatic rings. The summed E-state index contributed by atoms with van der Waals surface area (Å²) in [7, 11) is 0. The molecule has 0 aliphatic heterocycles. The first-order chi connectivity index (χ1) is 8.08. The third-order valence-corrected chi connectivity index (χ3v) is 4.38. The van der Waals surface area contributed by atoms with Crippen LogP contribution in [0, 0.1) is 5.92 Å². The highest BCUT2D eigenvalue weighted by Crippen LogP contribution is 2.29. The lowest BCUT2D eigenvalue weighted by molar-refractivity contribution is 0.318. The molecule has 17 heavy (non-hydrogen) atoms. The van der Waals surface area contributed by atoms with Crippen LogP contribution in [0.1, 0.15) is 25.8 Å². The van der Waals surface area contributed by atoms with E-state index in [1.165, 1.54) is 0 Å². The Morgan fingerprint density at radius 3 is 2.82 bits per heavy atom. The molecular weight excluding hydrogens is 256 g/mol. The predicted molar refractivity (Wildman–Crippen MR) is 74.1 cm³/mol. The predicted octanol–water partition coefficient (Wildman–Crippen LogP) is 3.57. The fourth-order valence-electron chi connectivity index (χ4n) is 1.18. The molecule has 0 spiro atoms. The van der Waals surface area contributed by atoms with Gasteiger partial charge in [-0.2, -0.15) is 0 Å². The quantitative estimate of drug-likeness (QED) is 0.283. The van der Waals surface area contributed by atoms with Crippen LogP contribution in [0.3, 0.4) is 0 Å². The first-order valence-corrected chi connectivity index (χ1v) is 6.85. The van der Waals surface area contributed by atoms with Crippen LogP contribution in [-0.2, 0) is 0 Å². The van der Waals surface area contributed by atoms with Crippen molar-refractivity contribution in [3.8, 4) is 0 Å². The Labute approximate surface area is 111 Å². The summed E-state index contributed by atoms with van der Waals surface area (Å²) >= 11 is 7.88. The lowest BCUT2D eigenvalue weighted by Crippen LogP contribution is -2.12. The Morgan fingerprint density at radius 1 is 1.59 bits per heavy atom. The number of nitrogens with zero attached hydrogens (tertiary/aromatic N) is 1. The average Bonchev–Trinajstić information content (AvgIpc) is 2.35. The zero-order valence-electron chi connectivity index (χ0n) is 9.98. The summed E-state index contributed by atoms with van der Waals surface area (Å²) in [6.07, 6.45) is 1.16. The number of oxime groups is 1. The van der Waals surface area contributed by atoms with E-state index in [9.17, 15) is 0 Å². The van der Waals surface area contributed by atoms with E-state index in [2.05, 4.69) is 19.0 Å². The number of halogens is 1. The zero-order chi connectivity index (χ0) is 12.8.